The molecule has 0 unspecified atom stereocenters. The summed E-state index contributed by atoms with van der Waals surface area (Å²) in [4.78, 5) is 16.8. The molecule has 0 saturated carbocycles. The van der Waals surface area contributed by atoms with Crippen LogP contribution in [0.4, 0.5) is 18.9 Å². The number of alkyl halides is 3. The van der Waals surface area contributed by atoms with Gasteiger partial charge in [0.05, 0.1) is 41.1 Å². The van der Waals surface area contributed by atoms with Gasteiger partial charge in [0.1, 0.15) is 5.69 Å². The first-order chi connectivity index (χ1) is 17.0. The minimum absolute atomic E-state index is 0.0284. The van der Waals surface area contributed by atoms with Gasteiger partial charge >= 0.3 is 22.1 Å². The van der Waals surface area contributed by atoms with Crippen LogP contribution in [-0.4, -0.2) is 33.3 Å². The highest BCUT2D eigenvalue weighted by molar-refractivity contribution is 7.88. The van der Waals surface area contributed by atoms with Crippen molar-refractivity contribution < 1.29 is 21.6 Å². The fourth-order valence-corrected chi connectivity index (χ4v) is 5.07. The first kappa shape index (κ1) is 25.0. The molecule has 13 heteroatoms. The molecule has 0 amide bonds. The molecule has 0 radical (unpaired) electrons. The molecule has 9 nitrogen and oxygen atoms in total. The molecule has 4 aromatic rings. The number of rotatable bonds is 6. The second kappa shape index (κ2) is 9.14. The molecule has 186 valence electrons. The zero-order chi connectivity index (χ0) is 26.3. The zero-order valence-electron chi connectivity index (χ0n) is 19.0. The average molecular weight is 517 g/mol. The van der Waals surface area contributed by atoms with Crippen molar-refractivity contribution in [2.24, 2.45) is 0 Å². The molecule has 0 saturated heterocycles. The Morgan fingerprint density at radius 2 is 1.78 bits per heavy atom. The lowest BCUT2D eigenvalue weighted by Crippen LogP contribution is -2.38. The predicted molar refractivity (Wildman–Crippen MR) is 127 cm³/mol. The lowest BCUT2D eigenvalue weighted by atomic mass is 10.2. The summed E-state index contributed by atoms with van der Waals surface area (Å²) in [5.74, 6) is 0. The summed E-state index contributed by atoms with van der Waals surface area (Å²) >= 11 is 0. The monoisotopic (exact) mass is 516 g/mol. The van der Waals surface area contributed by atoms with Crippen molar-refractivity contribution in [3.63, 3.8) is 0 Å². The Morgan fingerprint density at radius 3 is 2.39 bits per heavy atom. The van der Waals surface area contributed by atoms with Gasteiger partial charge in [-0.25, -0.2) is 14.3 Å². The number of imidazole rings is 1. The third-order valence-corrected chi connectivity index (χ3v) is 6.83. The van der Waals surface area contributed by atoms with Crippen molar-refractivity contribution in [2.75, 3.05) is 6.54 Å². The quantitative estimate of drug-likeness (QED) is 0.391. The first-order valence-electron chi connectivity index (χ1n) is 10.5. The zero-order valence-corrected chi connectivity index (χ0v) is 19.8. The molecule has 0 spiro atoms. The van der Waals surface area contributed by atoms with E-state index in [1.807, 2.05) is 0 Å². The summed E-state index contributed by atoms with van der Waals surface area (Å²) in [6, 6.07) is 11.9. The van der Waals surface area contributed by atoms with E-state index in [1.54, 1.807) is 24.3 Å². The highest BCUT2D eigenvalue weighted by atomic mass is 32.2. The van der Waals surface area contributed by atoms with Crippen LogP contribution in [0, 0.1) is 13.5 Å². The Hall–Kier alpha value is -4.15. The molecule has 0 fully saturated rings. The lowest BCUT2D eigenvalue weighted by molar-refractivity contribution is -0.137. The third-order valence-electron chi connectivity index (χ3n) is 5.35. The highest BCUT2D eigenvalue weighted by Crippen LogP contribution is 2.32. The number of hydrogen-bond donors (Lipinski definition) is 1. The summed E-state index contributed by atoms with van der Waals surface area (Å²) in [5.41, 5.74) is -1.14. The average Bonchev–Trinajstić information content (AvgIpc) is 3.40. The van der Waals surface area contributed by atoms with E-state index in [4.69, 9.17) is 6.57 Å². The van der Waals surface area contributed by atoms with Crippen LogP contribution >= 0.6 is 0 Å². The maximum absolute atomic E-state index is 13.5. The largest absolute Gasteiger partial charge is 0.416 e. The van der Waals surface area contributed by atoms with Crippen molar-refractivity contribution in [3.8, 4) is 22.8 Å². The number of aromatic nitrogens is 4. The van der Waals surface area contributed by atoms with Crippen LogP contribution < -0.4 is 10.4 Å². The van der Waals surface area contributed by atoms with Gasteiger partial charge in [-0.05, 0) is 43.3 Å². The fraction of sp³-hybridized carbons (Fsp3) is 0.174. The lowest BCUT2D eigenvalue weighted by Gasteiger charge is -2.12. The van der Waals surface area contributed by atoms with Crippen LogP contribution in [0.15, 0.2) is 65.6 Å². The number of halogens is 3. The molecule has 2 aromatic carbocycles. The summed E-state index contributed by atoms with van der Waals surface area (Å²) < 4.78 is 71.4. The molecule has 0 aliphatic heterocycles. The summed E-state index contributed by atoms with van der Waals surface area (Å²) in [5, 5.41) is 4.24. The third kappa shape index (κ3) is 4.32. The molecular formula is C23H19F3N6O3S. The van der Waals surface area contributed by atoms with E-state index in [2.05, 4.69) is 14.7 Å². The smallest absolute Gasteiger partial charge is 0.264 e. The molecule has 0 aliphatic rings. The van der Waals surface area contributed by atoms with Crippen molar-refractivity contribution in [3.05, 3.63) is 94.0 Å². The Balaban J connectivity index is 2.03. The Kier molecular flexibility index (Phi) is 6.33. The maximum Gasteiger partial charge on any atom is 0.416 e. The normalized spacial score (nSPS) is 12.0. The van der Waals surface area contributed by atoms with E-state index < -0.39 is 27.6 Å². The van der Waals surface area contributed by atoms with E-state index in [0.29, 0.717) is 15.3 Å². The molecule has 2 heterocycles. The summed E-state index contributed by atoms with van der Waals surface area (Å²) in [6.45, 7) is 10.0. The summed E-state index contributed by atoms with van der Waals surface area (Å²) in [7, 11) is -4.43. The van der Waals surface area contributed by atoms with E-state index in [1.165, 1.54) is 36.9 Å². The van der Waals surface area contributed by atoms with Gasteiger partial charge in [0, 0.05) is 6.54 Å². The Labute approximate surface area is 204 Å². The maximum atomic E-state index is 13.5. The van der Waals surface area contributed by atoms with E-state index in [9.17, 15) is 26.4 Å². The van der Waals surface area contributed by atoms with Crippen LogP contribution in [0.3, 0.4) is 0 Å². The molecule has 36 heavy (non-hydrogen) atoms. The van der Waals surface area contributed by atoms with Crippen LogP contribution in [0.25, 0.3) is 27.6 Å². The summed E-state index contributed by atoms with van der Waals surface area (Å²) in [6.07, 6.45) is -3.27. The van der Waals surface area contributed by atoms with Crippen molar-refractivity contribution in [2.45, 2.75) is 20.0 Å². The van der Waals surface area contributed by atoms with Crippen LogP contribution in [-0.2, 0) is 16.4 Å². The number of nitrogens with one attached hydrogen (secondary N) is 1. The van der Waals surface area contributed by atoms with Crippen LogP contribution in [0.5, 0.6) is 0 Å². The second-order valence-corrected chi connectivity index (χ2v) is 9.23. The Morgan fingerprint density at radius 1 is 1.08 bits per heavy atom. The number of hydrogen-bond acceptors (Lipinski definition) is 4. The van der Waals surface area contributed by atoms with Crippen molar-refractivity contribution in [1.82, 2.24) is 23.0 Å². The Bertz CT molecular complexity index is 1640. The molecule has 0 bridgehead atoms. The van der Waals surface area contributed by atoms with Gasteiger partial charge in [-0.2, -0.15) is 35.4 Å². The van der Waals surface area contributed by atoms with Crippen LogP contribution in [0.1, 0.15) is 18.2 Å². The second-order valence-electron chi connectivity index (χ2n) is 7.62. The highest BCUT2D eigenvalue weighted by Gasteiger charge is 2.33. The topological polar surface area (TPSA) is 95.3 Å². The van der Waals surface area contributed by atoms with Gasteiger partial charge in [-0.15, -0.1) is 0 Å². The van der Waals surface area contributed by atoms with E-state index in [0.717, 1.165) is 22.8 Å². The molecule has 1 N–H and O–H groups in total. The van der Waals surface area contributed by atoms with Gasteiger partial charge in [-0.1, -0.05) is 25.1 Å². The molecule has 0 aliphatic carbocycles. The van der Waals surface area contributed by atoms with Gasteiger partial charge in [0.15, 0.2) is 5.69 Å². The predicted octanol–water partition coefficient (Wildman–Crippen LogP) is 4.07. The van der Waals surface area contributed by atoms with Gasteiger partial charge in [-0.3, -0.25) is 4.57 Å². The molecule has 4 rings (SSSR count). The minimum atomic E-state index is -4.66. The standard InChI is InChI=1S/C23H19F3N6O3S/c1-4-29-36(34,35)32-21(20-12-13-28-31(20)18-10-8-17(27-3)9-11-18)15(2)30(22(32)33)19-7-5-6-16(14-19)23(24,25)26/h5-14,29H,4H2,1-2H3. The number of benzene rings is 2. The van der Waals surface area contributed by atoms with Gasteiger partial charge in [0.2, 0.25) is 0 Å². The van der Waals surface area contributed by atoms with Crippen LogP contribution in [0.2, 0.25) is 0 Å². The van der Waals surface area contributed by atoms with Gasteiger partial charge in [0.25, 0.3) is 0 Å². The van der Waals surface area contributed by atoms with Crippen molar-refractivity contribution in [1.29, 1.82) is 0 Å². The molecular weight excluding hydrogens is 497 g/mol. The SMILES string of the molecule is [C-]#[N+]c1ccc(-n2nccc2-c2c(C)n(-c3cccc(C(F)(F)F)c3)c(=O)n2S(=O)(=O)NCC)cc1. The van der Waals surface area contributed by atoms with Gasteiger partial charge < -0.3 is 0 Å². The van der Waals surface area contributed by atoms with E-state index in [-0.39, 0.29) is 29.3 Å². The molecule has 2 aromatic heterocycles. The fourth-order valence-electron chi connectivity index (χ4n) is 3.82. The van der Waals surface area contributed by atoms with Crippen molar-refractivity contribution >= 4 is 15.9 Å². The molecule has 0 atom stereocenters. The van der Waals surface area contributed by atoms with E-state index >= 15 is 0 Å². The first-order valence-corrected chi connectivity index (χ1v) is 12.0. The number of nitrogens with zero attached hydrogens (tertiary/aromatic N) is 5. The minimum Gasteiger partial charge on any atom is -0.264 e.